The normalized spacial score (nSPS) is 18.1. The summed E-state index contributed by atoms with van der Waals surface area (Å²) in [5.74, 6) is 0.253. The molecule has 1 fully saturated rings. The molecule has 1 atom stereocenters. The van der Waals surface area contributed by atoms with Gasteiger partial charge in [-0.15, -0.1) is 0 Å². The highest BCUT2D eigenvalue weighted by Crippen LogP contribution is 2.31. The van der Waals surface area contributed by atoms with Crippen LogP contribution in [-0.4, -0.2) is 32.5 Å². The highest BCUT2D eigenvalue weighted by Gasteiger charge is 2.33. The number of nitrogens with one attached hydrogen (secondary N) is 1. The van der Waals surface area contributed by atoms with Crippen molar-refractivity contribution in [3.8, 4) is 0 Å². The first-order valence-corrected chi connectivity index (χ1v) is 7.39. The van der Waals surface area contributed by atoms with Crippen LogP contribution in [0.2, 0.25) is 0 Å². The van der Waals surface area contributed by atoms with Gasteiger partial charge >= 0.3 is 5.69 Å². The average molecular weight is 302 g/mol. The minimum absolute atomic E-state index is 0.157. The number of rotatable bonds is 3. The summed E-state index contributed by atoms with van der Waals surface area (Å²) in [5.41, 5.74) is 1.06. The van der Waals surface area contributed by atoms with Gasteiger partial charge in [0.1, 0.15) is 0 Å². The monoisotopic (exact) mass is 302 g/mol. The van der Waals surface area contributed by atoms with Gasteiger partial charge in [0, 0.05) is 24.5 Å². The van der Waals surface area contributed by atoms with Crippen molar-refractivity contribution in [2.75, 3.05) is 6.54 Å². The van der Waals surface area contributed by atoms with Crippen LogP contribution in [-0.2, 0) is 0 Å². The number of carbonyl (C=O) groups is 1. The van der Waals surface area contributed by atoms with Gasteiger partial charge in [-0.1, -0.05) is 19.0 Å². The van der Waals surface area contributed by atoms with E-state index in [4.69, 9.17) is 4.52 Å². The number of likely N-dealkylation sites (tertiary alicyclic amines) is 1. The number of aromatic nitrogens is 3. The molecule has 0 aliphatic carbocycles. The van der Waals surface area contributed by atoms with E-state index in [0.717, 1.165) is 18.5 Å². The lowest BCUT2D eigenvalue weighted by molar-refractivity contribution is 0.0690. The summed E-state index contributed by atoms with van der Waals surface area (Å²) in [6.45, 7) is 4.62. The molecule has 0 spiro atoms. The van der Waals surface area contributed by atoms with Crippen LogP contribution in [0.25, 0.3) is 0 Å². The van der Waals surface area contributed by atoms with Gasteiger partial charge in [0.15, 0.2) is 0 Å². The lowest BCUT2D eigenvalue weighted by atomic mass is 10.1. The largest absolute Gasteiger partial charge is 0.351 e. The third-order valence-corrected chi connectivity index (χ3v) is 3.90. The zero-order chi connectivity index (χ0) is 15.7. The second-order valence-electron chi connectivity index (χ2n) is 5.76. The van der Waals surface area contributed by atoms with E-state index < -0.39 is 5.69 Å². The van der Waals surface area contributed by atoms with Gasteiger partial charge < -0.3 is 14.4 Å². The van der Waals surface area contributed by atoms with E-state index in [0.29, 0.717) is 12.2 Å². The molecule has 1 amide bonds. The zero-order valence-electron chi connectivity index (χ0n) is 12.6. The van der Waals surface area contributed by atoms with E-state index in [1.165, 1.54) is 6.20 Å². The van der Waals surface area contributed by atoms with E-state index in [-0.39, 0.29) is 23.6 Å². The van der Waals surface area contributed by atoms with Gasteiger partial charge in [-0.2, -0.15) is 0 Å². The molecule has 2 aromatic rings. The van der Waals surface area contributed by atoms with Crippen LogP contribution in [0.15, 0.2) is 27.6 Å². The molecule has 2 aromatic heterocycles. The summed E-state index contributed by atoms with van der Waals surface area (Å²) in [6.07, 6.45) is 3.14. The van der Waals surface area contributed by atoms with Crippen molar-refractivity contribution in [2.45, 2.75) is 38.6 Å². The SMILES string of the molecule is CC(C)c1cc(C(=O)N2CCC[C@@H]2c2ccnc(=O)[nH]2)on1. The predicted octanol–water partition coefficient (Wildman–Crippen LogP) is 1.86. The molecule has 1 saturated heterocycles. The Hall–Kier alpha value is -2.44. The maximum atomic E-state index is 12.6. The van der Waals surface area contributed by atoms with E-state index in [9.17, 15) is 9.59 Å². The fourth-order valence-corrected chi connectivity index (χ4v) is 2.71. The summed E-state index contributed by atoms with van der Waals surface area (Å²) in [7, 11) is 0. The third-order valence-electron chi connectivity index (χ3n) is 3.90. The predicted molar refractivity (Wildman–Crippen MR) is 78.5 cm³/mol. The van der Waals surface area contributed by atoms with Crippen LogP contribution < -0.4 is 5.69 Å². The zero-order valence-corrected chi connectivity index (χ0v) is 12.6. The number of hydrogen-bond acceptors (Lipinski definition) is 5. The number of hydrogen-bond donors (Lipinski definition) is 1. The molecule has 0 aromatic carbocycles. The maximum Gasteiger partial charge on any atom is 0.345 e. The highest BCUT2D eigenvalue weighted by molar-refractivity contribution is 5.92. The molecule has 116 valence electrons. The molecular formula is C15H18N4O3. The molecule has 1 N–H and O–H groups in total. The van der Waals surface area contributed by atoms with Crippen LogP contribution in [0.3, 0.4) is 0 Å². The van der Waals surface area contributed by atoms with Crippen molar-refractivity contribution in [1.82, 2.24) is 20.0 Å². The molecule has 3 heterocycles. The topological polar surface area (TPSA) is 92.1 Å². The molecule has 1 aliphatic heterocycles. The summed E-state index contributed by atoms with van der Waals surface area (Å²) in [4.78, 5) is 32.0. The molecule has 0 unspecified atom stereocenters. The summed E-state index contributed by atoms with van der Waals surface area (Å²) in [6, 6.07) is 3.27. The summed E-state index contributed by atoms with van der Waals surface area (Å²) >= 11 is 0. The van der Waals surface area contributed by atoms with E-state index in [2.05, 4.69) is 15.1 Å². The second-order valence-corrected chi connectivity index (χ2v) is 5.76. The van der Waals surface area contributed by atoms with Crippen LogP contribution in [0, 0.1) is 0 Å². The van der Waals surface area contributed by atoms with Gasteiger partial charge in [-0.05, 0) is 24.8 Å². The van der Waals surface area contributed by atoms with E-state index in [1.54, 1.807) is 17.0 Å². The first-order valence-electron chi connectivity index (χ1n) is 7.39. The van der Waals surface area contributed by atoms with E-state index >= 15 is 0 Å². The molecule has 3 rings (SSSR count). The number of nitrogens with zero attached hydrogens (tertiary/aromatic N) is 3. The highest BCUT2D eigenvalue weighted by atomic mass is 16.5. The Morgan fingerprint density at radius 3 is 3.00 bits per heavy atom. The quantitative estimate of drug-likeness (QED) is 0.934. The van der Waals surface area contributed by atoms with Gasteiger partial charge in [0.05, 0.1) is 11.7 Å². The minimum atomic E-state index is -0.404. The average Bonchev–Trinajstić information content (AvgIpc) is 3.16. The standard InChI is InChI=1S/C15H18N4O3/c1-9(2)11-8-13(22-18-11)14(20)19-7-3-4-12(19)10-5-6-16-15(21)17-10/h5-6,8-9,12H,3-4,7H2,1-2H3,(H,16,17,21)/t12-/m1/s1. The van der Waals surface area contributed by atoms with Gasteiger partial charge in [0.25, 0.3) is 5.91 Å². The maximum absolute atomic E-state index is 12.6. The van der Waals surface area contributed by atoms with Crippen LogP contribution in [0.1, 0.15) is 60.6 Å². The fourth-order valence-electron chi connectivity index (χ4n) is 2.71. The van der Waals surface area contributed by atoms with Crippen molar-refractivity contribution >= 4 is 5.91 Å². The number of carbonyl (C=O) groups excluding carboxylic acids is 1. The Morgan fingerprint density at radius 1 is 1.50 bits per heavy atom. The molecule has 7 heteroatoms. The molecule has 0 bridgehead atoms. The van der Waals surface area contributed by atoms with Crippen molar-refractivity contribution in [3.05, 3.63) is 46.0 Å². The number of H-pyrrole nitrogens is 1. The number of amides is 1. The molecule has 1 aliphatic rings. The van der Waals surface area contributed by atoms with E-state index in [1.807, 2.05) is 13.8 Å². The minimum Gasteiger partial charge on any atom is -0.351 e. The Kier molecular flexibility index (Phi) is 3.79. The van der Waals surface area contributed by atoms with Crippen molar-refractivity contribution in [2.24, 2.45) is 0 Å². The first-order chi connectivity index (χ1) is 10.6. The summed E-state index contributed by atoms with van der Waals surface area (Å²) in [5, 5.41) is 3.93. The Labute approximate surface area is 127 Å². The fraction of sp³-hybridized carbons (Fsp3) is 0.467. The molecule has 0 saturated carbocycles. The second kappa shape index (κ2) is 5.75. The van der Waals surface area contributed by atoms with Crippen molar-refractivity contribution in [1.29, 1.82) is 0 Å². The Bertz CT molecular complexity index is 734. The molecule has 7 nitrogen and oxygen atoms in total. The van der Waals surface area contributed by atoms with Gasteiger partial charge in [-0.3, -0.25) is 4.79 Å². The van der Waals surface area contributed by atoms with Gasteiger partial charge in [0.2, 0.25) is 5.76 Å². The number of aromatic amines is 1. The van der Waals surface area contributed by atoms with Gasteiger partial charge in [-0.25, -0.2) is 9.78 Å². The summed E-state index contributed by atoms with van der Waals surface area (Å²) < 4.78 is 5.18. The van der Waals surface area contributed by atoms with Crippen molar-refractivity contribution < 1.29 is 9.32 Å². The molecular weight excluding hydrogens is 284 g/mol. The van der Waals surface area contributed by atoms with Crippen LogP contribution >= 0.6 is 0 Å². The molecule has 22 heavy (non-hydrogen) atoms. The molecule has 0 radical (unpaired) electrons. The third kappa shape index (κ3) is 2.66. The lowest BCUT2D eigenvalue weighted by Gasteiger charge is -2.23. The first kappa shape index (κ1) is 14.5. The Morgan fingerprint density at radius 2 is 2.32 bits per heavy atom. The van der Waals surface area contributed by atoms with Crippen molar-refractivity contribution in [3.63, 3.8) is 0 Å². The van der Waals surface area contributed by atoms with Crippen LogP contribution in [0.4, 0.5) is 0 Å². The smallest absolute Gasteiger partial charge is 0.345 e. The lowest BCUT2D eigenvalue weighted by Crippen LogP contribution is -2.31. The van der Waals surface area contributed by atoms with Crippen LogP contribution in [0.5, 0.6) is 0 Å². The Balaban J connectivity index is 1.86.